The molecule has 1 aliphatic rings. The van der Waals surface area contributed by atoms with Crippen LogP contribution >= 0.6 is 0 Å². The van der Waals surface area contributed by atoms with E-state index in [1.807, 2.05) is 90.9 Å². The Morgan fingerprint density at radius 3 is 2.08 bits per heavy atom. The first-order chi connectivity index (χ1) is 28.4. The SMILES string of the molecule is CC[C@H](C)[C@@H]([C@@H](CC(=O)N1CCC[C@H]1[C@H](OC)[C@@H](C)C(=O)N[C@@H](Cc1ccccc1)C(=O)NCCOCCON)OC)N(C)C(=O)[C@@H](NC(=O)C(C(C)C)N(C)C)C(C)C. The van der Waals surface area contributed by atoms with Crippen LogP contribution in [0.1, 0.15) is 79.7 Å². The van der Waals surface area contributed by atoms with Gasteiger partial charge in [-0.05, 0) is 50.3 Å². The van der Waals surface area contributed by atoms with Gasteiger partial charge < -0.3 is 44.8 Å². The molecule has 9 atom stereocenters. The first-order valence-corrected chi connectivity index (χ1v) is 21.5. The fourth-order valence-corrected chi connectivity index (χ4v) is 8.35. The van der Waals surface area contributed by atoms with Gasteiger partial charge >= 0.3 is 0 Å². The van der Waals surface area contributed by atoms with Crippen LogP contribution in [0.5, 0.6) is 0 Å². The van der Waals surface area contributed by atoms with E-state index in [0.29, 0.717) is 19.4 Å². The van der Waals surface area contributed by atoms with E-state index in [9.17, 15) is 24.0 Å². The molecule has 2 rings (SSSR count). The predicted octanol–water partition coefficient (Wildman–Crippen LogP) is 2.38. The third kappa shape index (κ3) is 15.4. The Morgan fingerprint density at radius 1 is 0.867 bits per heavy atom. The van der Waals surface area contributed by atoms with Gasteiger partial charge in [-0.15, -0.1) is 0 Å². The van der Waals surface area contributed by atoms with Crippen LogP contribution in [0.15, 0.2) is 30.3 Å². The highest BCUT2D eigenvalue weighted by Gasteiger charge is 2.43. The van der Waals surface area contributed by atoms with E-state index >= 15 is 0 Å². The number of likely N-dealkylation sites (N-methyl/N-ethyl adjacent to an activating group) is 2. The third-order valence-corrected chi connectivity index (χ3v) is 11.8. The van der Waals surface area contributed by atoms with Crippen molar-refractivity contribution in [1.82, 2.24) is 30.7 Å². The lowest BCUT2D eigenvalue weighted by atomic mass is 9.89. The molecule has 1 heterocycles. The van der Waals surface area contributed by atoms with Gasteiger partial charge in [0.2, 0.25) is 29.5 Å². The van der Waals surface area contributed by atoms with Gasteiger partial charge in [-0.25, -0.2) is 5.90 Å². The third-order valence-electron chi connectivity index (χ3n) is 11.8. The van der Waals surface area contributed by atoms with Gasteiger partial charge in [0.05, 0.1) is 62.5 Å². The molecule has 5 N–H and O–H groups in total. The molecule has 1 aromatic rings. The fourth-order valence-electron chi connectivity index (χ4n) is 8.35. The molecule has 1 aliphatic heterocycles. The lowest BCUT2D eigenvalue weighted by Crippen LogP contribution is -2.59. The molecular formula is C44H77N7O9. The minimum absolute atomic E-state index is 0.00627. The molecule has 0 bridgehead atoms. The van der Waals surface area contributed by atoms with Crippen LogP contribution in [-0.4, -0.2) is 155 Å². The van der Waals surface area contributed by atoms with Crippen molar-refractivity contribution in [3.63, 3.8) is 0 Å². The second kappa shape index (κ2) is 26.6. The first kappa shape index (κ1) is 52.5. The molecule has 5 amide bonds. The van der Waals surface area contributed by atoms with E-state index in [1.165, 1.54) is 7.11 Å². The van der Waals surface area contributed by atoms with E-state index in [0.717, 1.165) is 12.0 Å². The standard InChI is InChI=1S/C44H77N7O9/c1-13-30(6)39(50(10)44(56)37(28(2)3)48-43(55)38(29(4)5)49(8)9)35(57-11)27-36(52)51-22-17-20-34(51)40(58-12)31(7)41(53)47-33(26-32-18-15-14-16-19-32)42(54)46-21-23-59-24-25-60-45/h14-16,18-19,28-31,33-35,37-40H,13,17,20-27,45H2,1-12H3,(H,46,54)(H,47,53)(H,48,55)/t30-,31+,33-,34-,35+,37-,38?,39-,40+/m0/s1. The Morgan fingerprint density at radius 2 is 1.53 bits per heavy atom. The number of amides is 5. The van der Waals surface area contributed by atoms with Gasteiger partial charge in [0.15, 0.2) is 0 Å². The van der Waals surface area contributed by atoms with Gasteiger partial charge in [-0.2, -0.15) is 0 Å². The van der Waals surface area contributed by atoms with Gasteiger partial charge in [0.25, 0.3) is 0 Å². The summed E-state index contributed by atoms with van der Waals surface area (Å²) in [4.78, 5) is 79.3. The molecule has 0 radical (unpaired) electrons. The lowest BCUT2D eigenvalue weighted by molar-refractivity contribution is -0.148. The van der Waals surface area contributed by atoms with E-state index in [4.69, 9.17) is 20.1 Å². The molecular weight excluding hydrogens is 771 g/mol. The van der Waals surface area contributed by atoms with Crippen molar-refractivity contribution in [1.29, 1.82) is 0 Å². The zero-order valence-corrected chi connectivity index (χ0v) is 38.4. The summed E-state index contributed by atoms with van der Waals surface area (Å²) in [5.41, 5.74) is 0.877. The van der Waals surface area contributed by atoms with Crippen LogP contribution in [0, 0.1) is 23.7 Å². The Labute approximate surface area is 359 Å². The number of carbonyl (C=O) groups is 5. The molecule has 1 fully saturated rings. The van der Waals surface area contributed by atoms with Gasteiger partial charge in [-0.3, -0.25) is 28.9 Å². The zero-order chi connectivity index (χ0) is 45.1. The summed E-state index contributed by atoms with van der Waals surface area (Å²) in [6.45, 7) is 15.0. The monoisotopic (exact) mass is 848 g/mol. The highest BCUT2D eigenvalue weighted by molar-refractivity contribution is 5.90. The van der Waals surface area contributed by atoms with Crippen LogP contribution in [0.2, 0.25) is 0 Å². The van der Waals surface area contributed by atoms with Gasteiger partial charge in [0, 0.05) is 40.8 Å². The van der Waals surface area contributed by atoms with Crippen LogP contribution in [0.3, 0.4) is 0 Å². The number of likely N-dealkylation sites (tertiary alicyclic amines) is 1. The molecule has 342 valence electrons. The summed E-state index contributed by atoms with van der Waals surface area (Å²) >= 11 is 0. The molecule has 0 aliphatic carbocycles. The highest BCUT2D eigenvalue weighted by Crippen LogP contribution is 2.30. The topological polar surface area (TPSA) is 194 Å². The highest BCUT2D eigenvalue weighted by atomic mass is 16.6. The molecule has 1 aromatic carbocycles. The maximum atomic E-state index is 14.3. The summed E-state index contributed by atoms with van der Waals surface area (Å²) in [5, 5.41) is 8.84. The second-order valence-corrected chi connectivity index (χ2v) is 17.0. The number of ether oxygens (including phenoxy) is 3. The molecule has 60 heavy (non-hydrogen) atoms. The van der Waals surface area contributed by atoms with Gasteiger partial charge in [-0.1, -0.05) is 85.2 Å². The first-order valence-electron chi connectivity index (χ1n) is 21.5. The normalized spacial score (nSPS) is 18.3. The van der Waals surface area contributed by atoms with Crippen LogP contribution in [-0.2, 0) is 49.4 Å². The molecule has 16 heteroatoms. The van der Waals surface area contributed by atoms with E-state index in [1.54, 1.807) is 30.9 Å². The Hall–Kier alpha value is -3.67. The average molecular weight is 848 g/mol. The fraction of sp³-hybridized carbons (Fsp3) is 0.750. The van der Waals surface area contributed by atoms with Crippen LogP contribution < -0.4 is 21.8 Å². The summed E-state index contributed by atoms with van der Waals surface area (Å²) in [5.74, 6) is 2.74. The number of carbonyl (C=O) groups excluding carboxylic acids is 5. The summed E-state index contributed by atoms with van der Waals surface area (Å²) in [6, 6.07) is 6.47. The van der Waals surface area contributed by atoms with Crippen LogP contribution in [0.4, 0.5) is 0 Å². The molecule has 0 saturated carbocycles. The molecule has 0 spiro atoms. The summed E-state index contributed by atoms with van der Waals surface area (Å²) in [6.07, 6.45) is 0.992. The maximum absolute atomic E-state index is 14.3. The largest absolute Gasteiger partial charge is 0.379 e. The Bertz CT molecular complexity index is 1460. The lowest BCUT2D eigenvalue weighted by Gasteiger charge is -2.41. The van der Waals surface area contributed by atoms with Gasteiger partial charge in [0.1, 0.15) is 12.1 Å². The minimum atomic E-state index is -0.874. The minimum Gasteiger partial charge on any atom is -0.379 e. The maximum Gasteiger partial charge on any atom is 0.245 e. The number of nitrogens with two attached hydrogens (primary N) is 1. The number of nitrogens with zero attached hydrogens (tertiary/aromatic N) is 3. The van der Waals surface area contributed by atoms with Crippen molar-refractivity contribution in [2.24, 2.45) is 29.6 Å². The number of nitrogens with one attached hydrogen (secondary N) is 3. The number of methoxy groups -OCH3 is 2. The number of hydrogen-bond donors (Lipinski definition) is 4. The Balaban J connectivity index is 2.27. The summed E-state index contributed by atoms with van der Waals surface area (Å²) in [7, 11) is 8.51. The molecule has 0 aromatic heterocycles. The zero-order valence-electron chi connectivity index (χ0n) is 38.4. The molecule has 1 unspecified atom stereocenters. The van der Waals surface area contributed by atoms with Crippen LogP contribution in [0.25, 0.3) is 0 Å². The van der Waals surface area contributed by atoms with Crippen molar-refractivity contribution in [3.8, 4) is 0 Å². The van der Waals surface area contributed by atoms with Crippen molar-refractivity contribution in [3.05, 3.63) is 35.9 Å². The van der Waals surface area contributed by atoms with Crippen molar-refractivity contribution in [2.75, 3.05) is 68.3 Å². The van der Waals surface area contributed by atoms with Crippen molar-refractivity contribution < 1.29 is 43.0 Å². The Kier molecular flexibility index (Phi) is 23.3. The van der Waals surface area contributed by atoms with E-state index < -0.39 is 48.3 Å². The average Bonchev–Trinajstić information content (AvgIpc) is 3.70. The van der Waals surface area contributed by atoms with Crippen molar-refractivity contribution >= 4 is 29.5 Å². The quantitative estimate of drug-likeness (QED) is 0.0751. The second-order valence-electron chi connectivity index (χ2n) is 17.0. The molecule has 16 nitrogen and oxygen atoms in total. The van der Waals surface area contributed by atoms with E-state index in [-0.39, 0.29) is 86.5 Å². The number of hydrogen-bond acceptors (Lipinski definition) is 11. The molecule has 1 saturated heterocycles. The predicted molar refractivity (Wildman–Crippen MR) is 231 cm³/mol. The number of benzene rings is 1. The number of rotatable bonds is 27. The smallest absolute Gasteiger partial charge is 0.245 e. The van der Waals surface area contributed by atoms with Crippen molar-refractivity contribution in [2.45, 2.75) is 123 Å². The summed E-state index contributed by atoms with van der Waals surface area (Å²) < 4.78 is 17.4. The van der Waals surface area contributed by atoms with E-state index in [2.05, 4.69) is 20.8 Å².